The molecule has 0 aromatic heterocycles. The first-order valence-corrected chi connectivity index (χ1v) is 7.48. The monoisotopic (exact) mass is 297 g/mol. The SMILES string of the molecule is CCCCCCC(C)Nc1c(Cl)cc(N)cc1C(N)=O. The molecule has 0 radical (unpaired) electrons. The fourth-order valence-corrected chi connectivity index (χ4v) is 2.45. The van der Waals surface area contributed by atoms with Gasteiger partial charge in [0, 0.05) is 11.7 Å². The number of hydrogen-bond donors (Lipinski definition) is 3. The predicted molar refractivity (Wildman–Crippen MR) is 86.2 cm³/mol. The first-order valence-electron chi connectivity index (χ1n) is 7.11. The number of unbranched alkanes of at least 4 members (excludes halogenated alkanes) is 3. The number of halogens is 1. The van der Waals surface area contributed by atoms with Gasteiger partial charge in [-0.2, -0.15) is 0 Å². The molecule has 1 aromatic carbocycles. The first kappa shape index (κ1) is 16.6. The third kappa shape index (κ3) is 4.93. The lowest BCUT2D eigenvalue weighted by Gasteiger charge is -2.19. The van der Waals surface area contributed by atoms with Gasteiger partial charge in [0.1, 0.15) is 0 Å². The van der Waals surface area contributed by atoms with Crippen LogP contribution >= 0.6 is 11.6 Å². The number of benzene rings is 1. The standard InChI is InChI=1S/C15H24ClN3O/c1-3-4-5-6-7-10(2)19-14-12(15(18)20)8-11(17)9-13(14)16/h8-10,19H,3-7,17H2,1-2H3,(H2,18,20). The lowest BCUT2D eigenvalue weighted by molar-refractivity contribution is 0.100. The number of nitrogens with one attached hydrogen (secondary N) is 1. The van der Waals surface area contributed by atoms with E-state index < -0.39 is 5.91 Å². The van der Waals surface area contributed by atoms with Crippen LogP contribution in [0.3, 0.4) is 0 Å². The van der Waals surface area contributed by atoms with Gasteiger partial charge < -0.3 is 16.8 Å². The summed E-state index contributed by atoms with van der Waals surface area (Å²) in [6.45, 7) is 4.26. The van der Waals surface area contributed by atoms with Crippen LogP contribution in [0, 0.1) is 0 Å². The number of carbonyl (C=O) groups excluding carboxylic acids is 1. The molecule has 0 heterocycles. The van der Waals surface area contributed by atoms with E-state index in [1.807, 2.05) is 0 Å². The molecule has 0 fully saturated rings. The summed E-state index contributed by atoms with van der Waals surface area (Å²) >= 11 is 6.16. The first-order chi connectivity index (χ1) is 9.45. The van der Waals surface area contributed by atoms with Crippen molar-refractivity contribution in [2.45, 2.75) is 52.0 Å². The van der Waals surface area contributed by atoms with E-state index in [0.717, 1.165) is 12.8 Å². The highest BCUT2D eigenvalue weighted by atomic mass is 35.5. The molecule has 1 rings (SSSR count). The Kier molecular flexibility index (Phi) is 6.65. The summed E-state index contributed by atoms with van der Waals surface area (Å²) < 4.78 is 0. The molecule has 5 heteroatoms. The molecule has 4 nitrogen and oxygen atoms in total. The van der Waals surface area contributed by atoms with Crippen molar-refractivity contribution in [1.29, 1.82) is 0 Å². The molecule has 112 valence electrons. The van der Waals surface area contributed by atoms with Gasteiger partial charge in [0.25, 0.3) is 5.91 Å². The third-order valence-electron chi connectivity index (χ3n) is 3.26. The lowest BCUT2D eigenvalue weighted by Crippen LogP contribution is -2.20. The summed E-state index contributed by atoms with van der Waals surface area (Å²) in [6.07, 6.45) is 5.87. The number of nitrogen functional groups attached to an aromatic ring is 1. The quantitative estimate of drug-likeness (QED) is 0.504. The largest absolute Gasteiger partial charge is 0.399 e. The highest BCUT2D eigenvalue weighted by molar-refractivity contribution is 6.34. The Labute approximate surface area is 125 Å². The van der Waals surface area contributed by atoms with Crippen molar-refractivity contribution in [3.05, 3.63) is 22.7 Å². The lowest BCUT2D eigenvalue weighted by atomic mass is 10.1. The number of primary amides is 1. The van der Waals surface area contributed by atoms with Crippen molar-refractivity contribution in [2.24, 2.45) is 5.73 Å². The number of rotatable bonds is 8. The molecule has 1 atom stereocenters. The maximum atomic E-state index is 11.5. The molecule has 0 aliphatic heterocycles. The van der Waals surface area contributed by atoms with Crippen LogP contribution in [0.15, 0.2) is 12.1 Å². The van der Waals surface area contributed by atoms with Crippen LogP contribution in [0.4, 0.5) is 11.4 Å². The molecule has 0 saturated heterocycles. The van der Waals surface area contributed by atoms with Crippen LogP contribution in [-0.4, -0.2) is 11.9 Å². The van der Waals surface area contributed by atoms with Crippen molar-refractivity contribution in [1.82, 2.24) is 0 Å². The maximum Gasteiger partial charge on any atom is 0.250 e. The second-order valence-electron chi connectivity index (χ2n) is 5.18. The molecule has 1 amide bonds. The van der Waals surface area contributed by atoms with Gasteiger partial charge >= 0.3 is 0 Å². The van der Waals surface area contributed by atoms with Crippen molar-refractivity contribution in [3.8, 4) is 0 Å². The summed E-state index contributed by atoms with van der Waals surface area (Å²) in [5.41, 5.74) is 12.4. The minimum absolute atomic E-state index is 0.228. The van der Waals surface area contributed by atoms with Gasteiger partial charge in [-0.05, 0) is 25.5 Å². The molecule has 0 aliphatic carbocycles. The van der Waals surface area contributed by atoms with Gasteiger partial charge in [-0.25, -0.2) is 0 Å². The van der Waals surface area contributed by atoms with Gasteiger partial charge in [-0.1, -0.05) is 44.2 Å². The smallest absolute Gasteiger partial charge is 0.250 e. The number of carbonyl (C=O) groups is 1. The molecular formula is C15H24ClN3O. The normalized spacial score (nSPS) is 12.2. The molecule has 0 bridgehead atoms. The van der Waals surface area contributed by atoms with Crippen LogP contribution < -0.4 is 16.8 Å². The van der Waals surface area contributed by atoms with E-state index in [9.17, 15) is 4.79 Å². The van der Waals surface area contributed by atoms with Crippen LogP contribution in [0.25, 0.3) is 0 Å². The van der Waals surface area contributed by atoms with Crippen molar-refractivity contribution >= 4 is 28.9 Å². The van der Waals surface area contributed by atoms with Gasteiger partial charge in [0.05, 0.1) is 16.3 Å². The highest BCUT2D eigenvalue weighted by Gasteiger charge is 2.15. The minimum atomic E-state index is -0.528. The summed E-state index contributed by atoms with van der Waals surface area (Å²) in [4.78, 5) is 11.5. The predicted octanol–water partition coefficient (Wildman–Crippen LogP) is 3.79. The molecular weight excluding hydrogens is 274 g/mol. The second kappa shape index (κ2) is 8.00. The van der Waals surface area contributed by atoms with Gasteiger partial charge in [0.2, 0.25) is 0 Å². The average Bonchev–Trinajstić information content (AvgIpc) is 2.37. The number of amides is 1. The molecule has 0 spiro atoms. The van der Waals surface area contributed by atoms with Crippen molar-refractivity contribution < 1.29 is 4.79 Å². The van der Waals surface area contributed by atoms with E-state index in [2.05, 4.69) is 19.2 Å². The Morgan fingerprint density at radius 3 is 2.65 bits per heavy atom. The number of hydrogen-bond acceptors (Lipinski definition) is 3. The fraction of sp³-hybridized carbons (Fsp3) is 0.533. The van der Waals surface area contributed by atoms with Gasteiger partial charge in [0.15, 0.2) is 0 Å². The molecule has 1 unspecified atom stereocenters. The Morgan fingerprint density at radius 2 is 2.05 bits per heavy atom. The topological polar surface area (TPSA) is 81.1 Å². The average molecular weight is 298 g/mol. The Bertz CT molecular complexity index is 463. The van der Waals surface area contributed by atoms with E-state index in [1.165, 1.54) is 19.3 Å². The number of anilines is 2. The van der Waals surface area contributed by atoms with E-state index in [0.29, 0.717) is 22.0 Å². The van der Waals surface area contributed by atoms with Crippen LogP contribution in [0.2, 0.25) is 5.02 Å². The zero-order chi connectivity index (χ0) is 15.1. The third-order valence-corrected chi connectivity index (χ3v) is 3.56. The van der Waals surface area contributed by atoms with Crippen molar-refractivity contribution in [3.63, 3.8) is 0 Å². The van der Waals surface area contributed by atoms with Crippen LogP contribution in [0.5, 0.6) is 0 Å². The Morgan fingerprint density at radius 1 is 1.35 bits per heavy atom. The summed E-state index contributed by atoms with van der Waals surface area (Å²) in [6, 6.07) is 3.41. The van der Waals surface area contributed by atoms with Crippen LogP contribution in [0.1, 0.15) is 56.3 Å². The Balaban J connectivity index is 2.73. The summed E-state index contributed by atoms with van der Waals surface area (Å²) in [5, 5.41) is 3.71. The van der Waals surface area contributed by atoms with E-state index >= 15 is 0 Å². The summed E-state index contributed by atoms with van der Waals surface area (Å²) in [5.74, 6) is -0.528. The second-order valence-corrected chi connectivity index (χ2v) is 5.59. The molecule has 0 aliphatic rings. The minimum Gasteiger partial charge on any atom is -0.399 e. The van der Waals surface area contributed by atoms with E-state index in [4.69, 9.17) is 23.1 Å². The zero-order valence-electron chi connectivity index (χ0n) is 12.2. The number of nitrogens with two attached hydrogens (primary N) is 2. The van der Waals surface area contributed by atoms with E-state index in [-0.39, 0.29) is 6.04 Å². The maximum absolute atomic E-state index is 11.5. The summed E-state index contributed by atoms with van der Waals surface area (Å²) in [7, 11) is 0. The van der Waals surface area contributed by atoms with Crippen LogP contribution in [-0.2, 0) is 0 Å². The van der Waals surface area contributed by atoms with Gasteiger partial charge in [-0.15, -0.1) is 0 Å². The highest BCUT2D eigenvalue weighted by Crippen LogP contribution is 2.30. The van der Waals surface area contributed by atoms with E-state index in [1.54, 1.807) is 12.1 Å². The van der Waals surface area contributed by atoms with Crippen molar-refractivity contribution in [2.75, 3.05) is 11.1 Å². The molecule has 1 aromatic rings. The molecule has 0 saturated carbocycles. The zero-order valence-corrected chi connectivity index (χ0v) is 13.0. The molecule has 20 heavy (non-hydrogen) atoms. The van der Waals surface area contributed by atoms with Gasteiger partial charge in [-0.3, -0.25) is 4.79 Å². The fourth-order valence-electron chi connectivity index (χ4n) is 2.16. The molecule has 5 N–H and O–H groups in total. The Hall–Kier alpha value is -1.42.